The number of fused-ring (bicyclic) bond motifs is 1. The Morgan fingerprint density at radius 2 is 1.74 bits per heavy atom. The molecular formula is C20H22Cl2N2O3. The Bertz CT molecular complexity index is 875. The van der Waals surface area contributed by atoms with Gasteiger partial charge in [0.1, 0.15) is 12.2 Å². The Labute approximate surface area is 170 Å². The van der Waals surface area contributed by atoms with Crippen LogP contribution >= 0.6 is 24.8 Å². The maximum Gasteiger partial charge on any atom is 0.344 e. The van der Waals surface area contributed by atoms with Crippen LogP contribution in [0.1, 0.15) is 15.9 Å². The normalized spacial score (nSPS) is 11.0. The molecule has 0 saturated carbocycles. The SMILES string of the molecule is COC(=O)c1c(OC[C@H](N)Cc2ccccc2)ncc2ccccc12.Cl.Cl. The smallest absolute Gasteiger partial charge is 0.344 e. The average molecular weight is 409 g/mol. The van der Waals surface area contributed by atoms with Crippen LogP contribution < -0.4 is 10.5 Å². The number of carbonyl (C=O) groups is 1. The lowest BCUT2D eigenvalue weighted by Crippen LogP contribution is -2.30. The summed E-state index contributed by atoms with van der Waals surface area (Å²) < 4.78 is 10.7. The van der Waals surface area contributed by atoms with E-state index in [0.29, 0.717) is 12.0 Å². The van der Waals surface area contributed by atoms with Gasteiger partial charge in [-0.2, -0.15) is 0 Å². The second-order valence-corrected chi connectivity index (χ2v) is 5.78. The zero-order valence-electron chi connectivity index (χ0n) is 14.8. The molecule has 0 aliphatic carbocycles. The Hall–Kier alpha value is -2.34. The number of pyridine rings is 1. The molecule has 1 heterocycles. The summed E-state index contributed by atoms with van der Waals surface area (Å²) in [5.74, 6) is -0.231. The molecule has 144 valence electrons. The minimum Gasteiger partial charge on any atom is -0.475 e. The van der Waals surface area contributed by atoms with Crippen LogP contribution in [0.5, 0.6) is 5.88 Å². The molecule has 2 N–H and O–H groups in total. The van der Waals surface area contributed by atoms with E-state index in [2.05, 4.69) is 4.98 Å². The van der Waals surface area contributed by atoms with Crippen LogP contribution in [0.4, 0.5) is 0 Å². The van der Waals surface area contributed by atoms with Gasteiger partial charge in [-0.25, -0.2) is 9.78 Å². The van der Waals surface area contributed by atoms with Crippen molar-refractivity contribution in [3.63, 3.8) is 0 Å². The predicted molar refractivity (Wildman–Crippen MR) is 111 cm³/mol. The molecule has 0 fully saturated rings. The standard InChI is InChI=1S/C20H20N2O3.2ClH/c1-24-20(23)18-17-10-6-5-9-15(17)12-22-19(18)25-13-16(21)11-14-7-3-2-4-8-14;;/h2-10,12,16H,11,13,21H2,1H3;2*1H/t16-;;/m1../s1. The summed E-state index contributed by atoms with van der Waals surface area (Å²) in [5, 5.41) is 1.60. The molecule has 3 rings (SSSR count). The number of halogens is 2. The molecule has 0 aliphatic rings. The van der Waals surface area contributed by atoms with Gasteiger partial charge in [0.25, 0.3) is 0 Å². The number of ether oxygens (including phenoxy) is 2. The fourth-order valence-corrected chi connectivity index (χ4v) is 2.72. The summed E-state index contributed by atoms with van der Waals surface area (Å²) >= 11 is 0. The van der Waals surface area contributed by atoms with Gasteiger partial charge in [0.2, 0.25) is 5.88 Å². The summed E-state index contributed by atoms with van der Waals surface area (Å²) in [6, 6.07) is 17.2. The molecule has 0 unspecified atom stereocenters. The van der Waals surface area contributed by atoms with E-state index in [9.17, 15) is 4.79 Å². The van der Waals surface area contributed by atoms with E-state index in [1.807, 2.05) is 54.6 Å². The van der Waals surface area contributed by atoms with Gasteiger partial charge >= 0.3 is 5.97 Å². The Balaban J connectivity index is 0.00000182. The van der Waals surface area contributed by atoms with Crippen molar-refractivity contribution in [3.8, 4) is 5.88 Å². The summed E-state index contributed by atoms with van der Waals surface area (Å²) in [7, 11) is 1.34. The highest BCUT2D eigenvalue weighted by molar-refractivity contribution is 6.06. The van der Waals surface area contributed by atoms with Crippen molar-refractivity contribution in [2.24, 2.45) is 5.73 Å². The van der Waals surface area contributed by atoms with Crippen molar-refractivity contribution in [2.75, 3.05) is 13.7 Å². The number of aromatic nitrogens is 1. The van der Waals surface area contributed by atoms with Crippen LogP contribution in [0.15, 0.2) is 60.8 Å². The van der Waals surface area contributed by atoms with Gasteiger partial charge in [-0.3, -0.25) is 0 Å². The third-order valence-corrected chi connectivity index (χ3v) is 3.93. The summed E-state index contributed by atoms with van der Waals surface area (Å²) in [5.41, 5.74) is 7.62. The molecule has 0 spiro atoms. The van der Waals surface area contributed by atoms with E-state index >= 15 is 0 Å². The first-order chi connectivity index (χ1) is 12.2. The van der Waals surface area contributed by atoms with Crippen molar-refractivity contribution in [2.45, 2.75) is 12.5 Å². The summed E-state index contributed by atoms with van der Waals surface area (Å²) in [6.07, 6.45) is 2.36. The minimum atomic E-state index is -0.476. The highest BCUT2D eigenvalue weighted by Crippen LogP contribution is 2.26. The number of esters is 1. The van der Waals surface area contributed by atoms with E-state index in [1.54, 1.807) is 6.20 Å². The van der Waals surface area contributed by atoms with Crippen molar-refractivity contribution in [1.82, 2.24) is 4.98 Å². The van der Waals surface area contributed by atoms with Crippen molar-refractivity contribution in [1.29, 1.82) is 0 Å². The van der Waals surface area contributed by atoms with Gasteiger partial charge in [0, 0.05) is 23.0 Å². The Kier molecular flexibility index (Phi) is 9.02. The van der Waals surface area contributed by atoms with E-state index in [4.69, 9.17) is 15.2 Å². The molecule has 0 radical (unpaired) electrons. The quantitative estimate of drug-likeness (QED) is 0.627. The first-order valence-electron chi connectivity index (χ1n) is 8.07. The first kappa shape index (κ1) is 22.7. The van der Waals surface area contributed by atoms with E-state index < -0.39 is 5.97 Å². The van der Waals surface area contributed by atoms with Gasteiger partial charge in [0.05, 0.1) is 7.11 Å². The zero-order valence-corrected chi connectivity index (χ0v) is 16.5. The first-order valence-corrected chi connectivity index (χ1v) is 8.07. The Morgan fingerprint density at radius 3 is 2.44 bits per heavy atom. The Morgan fingerprint density at radius 1 is 1.07 bits per heavy atom. The van der Waals surface area contributed by atoms with Crippen molar-refractivity contribution >= 4 is 41.6 Å². The fourth-order valence-electron chi connectivity index (χ4n) is 2.72. The van der Waals surface area contributed by atoms with Crippen molar-refractivity contribution < 1.29 is 14.3 Å². The molecular weight excluding hydrogens is 387 g/mol. The maximum absolute atomic E-state index is 12.2. The molecule has 7 heteroatoms. The summed E-state index contributed by atoms with van der Waals surface area (Å²) in [4.78, 5) is 16.5. The lowest BCUT2D eigenvalue weighted by molar-refractivity contribution is 0.0597. The number of nitrogens with two attached hydrogens (primary N) is 1. The number of hydrogen-bond acceptors (Lipinski definition) is 5. The lowest BCUT2D eigenvalue weighted by atomic mass is 10.1. The average Bonchev–Trinajstić information content (AvgIpc) is 2.66. The van der Waals surface area contributed by atoms with Gasteiger partial charge in [0.15, 0.2) is 0 Å². The number of methoxy groups -OCH3 is 1. The highest BCUT2D eigenvalue weighted by Gasteiger charge is 2.19. The van der Waals surface area contributed by atoms with Crippen LogP contribution in [0, 0.1) is 0 Å². The zero-order chi connectivity index (χ0) is 17.6. The van der Waals surface area contributed by atoms with Gasteiger partial charge in [-0.1, -0.05) is 54.6 Å². The number of benzene rings is 2. The molecule has 1 aromatic heterocycles. The second kappa shape index (κ2) is 10.7. The van der Waals surface area contributed by atoms with Crippen molar-refractivity contribution in [3.05, 3.63) is 71.9 Å². The number of hydrogen-bond donors (Lipinski definition) is 1. The molecule has 0 saturated heterocycles. The van der Waals surface area contributed by atoms with Crippen LogP contribution in [-0.4, -0.2) is 30.7 Å². The van der Waals surface area contributed by atoms with Crippen LogP contribution in [0.3, 0.4) is 0 Å². The lowest BCUT2D eigenvalue weighted by Gasteiger charge is -2.15. The fraction of sp³-hybridized carbons (Fsp3) is 0.200. The van der Waals surface area contributed by atoms with E-state index in [-0.39, 0.29) is 43.3 Å². The molecule has 0 amide bonds. The third kappa shape index (κ3) is 5.57. The van der Waals surface area contributed by atoms with Gasteiger partial charge in [-0.15, -0.1) is 24.8 Å². The van der Waals surface area contributed by atoms with Crippen LogP contribution in [0.25, 0.3) is 10.8 Å². The monoisotopic (exact) mass is 408 g/mol. The summed E-state index contributed by atoms with van der Waals surface area (Å²) in [6.45, 7) is 0.254. The van der Waals surface area contributed by atoms with E-state index in [1.165, 1.54) is 7.11 Å². The minimum absolute atomic E-state index is 0. The number of carbonyl (C=O) groups excluding carboxylic acids is 1. The predicted octanol–water partition coefficient (Wildman–Crippen LogP) is 3.81. The van der Waals surface area contributed by atoms with Gasteiger partial charge < -0.3 is 15.2 Å². The molecule has 1 atom stereocenters. The maximum atomic E-state index is 12.2. The molecule has 5 nitrogen and oxygen atoms in total. The molecule has 27 heavy (non-hydrogen) atoms. The van der Waals surface area contributed by atoms with Crippen LogP contribution in [0.2, 0.25) is 0 Å². The number of nitrogens with zero attached hydrogens (tertiary/aromatic N) is 1. The molecule has 3 aromatic rings. The molecule has 2 aromatic carbocycles. The van der Waals surface area contributed by atoms with Gasteiger partial charge in [-0.05, 0) is 12.0 Å². The highest BCUT2D eigenvalue weighted by atomic mass is 35.5. The topological polar surface area (TPSA) is 74.4 Å². The third-order valence-electron chi connectivity index (χ3n) is 3.93. The second-order valence-electron chi connectivity index (χ2n) is 5.78. The largest absolute Gasteiger partial charge is 0.475 e. The van der Waals surface area contributed by atoms with Crippen LogP contribution in [-0.2, 0) is 11.2 Å². The molecule has 0 aliphatic heterocycles. The molecule has 0 bridgehead atoms. The number of rotatable bonds is 6. The van der Waals surface area contributed by atoms with E-state index in [0.717, 1.165) is 16.3 Å².